The van der Waals surface area contributed by atoms with Crippen LogP contribution in [0.3, 0.4) is 0 Å². The minimum atomic E-state index is 0.0748. The van der Waals surface area contributed by atoms with E-state index in [2.05, 4.69) is 18.3 Å². The lowest BCUT2D eigenvalue weighted by atomic mass is 10.1. The smallest absolute Gasteiger partial charge is 0.261 e. The molecule has 0 saturated carbocycles. The van der Waals surface area contributed by atoms with E-state index in [4.69, 9.17) is 11.6 Å². The first-order valence-electron chi connectivity index (χ1n) is 6.16. The predicted octanol–water partition coefficient (Wildman–Crippen LogP) is 3.23. The minimum absolute atomic E-state index is 0.0748. The van der Waals surface area contributed by atoms with Gasteiger partial charge in [0.05, 0.1) is 4.88 Å². The number of aryl methyl sites for hydroxylation is 2. The largest absolute Gasteiger partial charge is 0.351 e. The average Bonchev–Trinajstić information content (AvgIpc) is 2.86. The van der Waals surface area contributed by atoms with Crippen molar-refractivity contribution < 1.29 is 4.79 Å². The van der Waals surface area contributed by atoms with Gasteiger partial charge in [0.15, 0.2) is 0 Å². The Morgan fingerprint density at radius 1 is 1.59 bits per heavy atom. The van der Waals surface area contributed by atoms with Crippen LogP contribution >= 0.6 is 22.9 Å². The van der Waals surface area contributed by atoms with E-state index in [0.717, 1.165) is 24.1 Å². The number of rotatable bonds is 5. The van der Waals surface area contributed by atoms with Crippen LogP contribution in [0.15, 0.2) is 6.07 Å². The zero-order valence-corrected chi connectivity index (χ0v) is 11.7. The van der Waals surface area contributed by atoms with E-state index in [0.29, 0.717) is 18.3 Å². The third-order valence-corrected chi connectivity index (χ3v) is 4.64. The van der Waals surface area contributed by atoms with Crippen LogP contribution in [0.1, 0.15) is 39.9 Å². The van der Waals surface area contributed by atoms with E-state index in [1.807, 2.05) is 0 Å². The van der Waals surface area contributed by atoms with Crippen molar-refractivity contribution in [2.75, 3.05) is 12.4 Å². The molecule has 0 bridgehead atoms. The Balaban J connectivity index is 1.87. The molecule has 2 nitrogen and oxygen atoms in total. The van der Waals surface area contributed by atoms with Crippen molar-refractivity contribution in [3.8, 4) is 0 Å². The SMILES string of the molecule is CC(CCCl)CNC(=O)c1cc2c(s1)CCC2. The topological polar surface area (TPSA) is 29.1 Å². The van der Waals surface area contributed by atoms with Gasteiger partial charge >= 0.3 is 0 Å². The summed E-state index contributed by atoms with van der Waals surface area (Å²) in [6.45, 7) is 2.82. The van der Waals surface area contributed by atoms with Crippen molar-refractivity contribution in [3.63, 3.8) is 0 Å². The number of hydrogen-bond donors (Lipinski definition) is 1. The van der Waals surface area contributed by atoms with E-state index in [1.54, 1.807) is 11.3 Å². The zero-order chi connectivity index (χ0) is 12.3. The van der Waals surface area contributed by atoms with Gasteiger partial charge in [-0.3, -0.25) is 4.79 Å². The van der Waals surface area contributed by atoms with Gasteiger partial charge in [0, 0.05) is 17.3 Å². The molecule has 1 unspecified atom stereocenters. The summed E-state index contributed by atoms with van der Waals surface area (Å²) in [6.07, 6.45) is 4.48. The number of hydrogen-bond acceptors (Lipinski definition) is 2. The molecular weight excluding hydrogens is 254 g/mol. The summed E-state index contributed by atoms with van der Waals surface area (Å²) in [6, 6.07) is 2.06. The number of amides is 1. The molecule has 1 N–H and O–H groups in total. The molecule has 1 heterocycles. The highest BCUT2D eigenvalue weighted by atomic mass is 35.5. The van der Waals surface area contributed by atoms with Crippen LogP contribution in [0.4, 0.5) is 0 Å². The molecule has 0 aromatic carbocycles. The van der Waals surface area contributed by atoms with E-state index >= 15 is 0 Å². The molecule has 1 aromatic heterocycles. The van der Waals surface area contributed by atoms with Crippen molar-refractivity contribution in [2.24, 2.45) is 5.92 Å². The van der Waals surface area contributed by atoms with Crippen LogP contribution in [0.25, 0.3) is 0 Å². The first-order valence-corrected chi connectivity index (χ1v) is 7.51. The Kier molecular flexibility index (Phi) is 4.46. The molecule has 0 radical (unpaired) electrons. The highest BCUT2D eigenvalue weighted by Crippen LogP contribution is 2.30. The Labute approximate surface area is 111 Å². The molecule has 0 aliphatic heterocycles. The van der Waals surface area contributed by atoms with Crippen molar-refractivity contribution in [3.05, 3.63) is 21.4 Å². The number of fused-ring (bicyclic) bond motifs is 1. The van der Waals surface area contributed by atoms with Gasteiger partial charge in [-0.25, -0.2) is 0 Å². The molecule has 94 valence electrons. The van der Waals surface area contributed by atoms with Crippen LogP contribution in [0.5, 0.6) is 0 Å². The van der Waals surface area contributed by atoms with Crippen molar-refractivity contribution in [1.29, 1.82) is 0 Å². The Morgan fingerprint density at radius 2 is 2.41 bits per heavy atom. The molecule has 1 aromatic rings. The maximum atomic E-state index is 11.9. The third-order valence-electron chi connectivity index (χ3n) is 3.18. The first-order chi connectivity index (χ1) is 8.20. The second kappa shape index (κ2) is 5.87. The molecule has 4 heteroatoms. The molecule has 0 saturated heterocycles. The normalized spacial score (nSPS) is 15.6. The van der Waals surface area contributed by atoms with Crippen molar-refractivity contribution in [2.45, 2.75) is 32.6 Å². The second-order valence-corrected chi connectivity index (χ2v) is 6.22. The summed E-state index contributed by atoms with van der Waals surface area (Å²) in [5, 5.41) is 2.99. The van der Waals surface area contributed by atoms with Gasteiger partial charge in [0.1, 0.15) is 0 Å². The number of carbonyl (C=O) groups is 1. The Bertz CT molecular complexity index is 381. The Hall–Kier alpha value is -0.540. The lowest BCUT2D eigenvalue weighted by Crippen LogP contribution is -2.27. The highest BCUT2D eigenvalue weighted by Gasteiger charge is 2.18. The van der Waals surface area contributed by atoms with Crippen LogP contribution in [-0.2, 0) is 12.8 Å². The second-order valence-electron chi connectivity index (χ2n) is 4.71. The number of carbonyl (C=O) groups excluding carboxylic acids is 1. The number of thiophene rings is 1. The predicted molar refractivity (Wildman–Crippen MR) is 73.2 cm³/mol. The van der Waals surface area contributed by atoms with Gasteiger partial charge in [-0.05, 0) is 43.2 Å². The van der Waals surface area contributed by atoms with Gasteiger partial charge in [0.2, 0.25) is 0 Å². The van der Waals surface area contributed by atoms with Gasteiger partial charge in [0.25, 0.3) is 5.91 Å². The molecule has 1 atom stereocenters. The van der Waals surface area contributed by atoms with Crippen molar-refractivity contribution >= 4 is 28.8 Å². The van der Waals surface area contributed by atoms with Crippen LogP contribution in [-0.4, -0.2) is 18.3 Å². The summed E-state index contributed by atoms with van der Waals surface area (Å²) in [7, 11) is 0. The van der Waals surface area contributed by atoms with Crippen LogP contribution in [0.2, 0.25) is 0 Å². The molecule has 2 rings (SSSR count). The fourth-order valence-corrected chi connectivity index (χ4v) is 3.63. The lowest BCUT2D eigenvalue weighted by molar-refractivity contribution is 0.0952. The number of halogens is 1. The number of alkyl halides is 1. The summed E-state index contributed by atoms with van der Waals surface area (Å²) in [5.74, 6) is 1.18. The number of nitrogens with one attached hydrogen (secondary N) is 1. The summed E-state index contributed by atoms with van der Waals surface area (Å²) in [5.41, 5.74) is 1.38. The van der Waals surface area contributed by atoms with E-state index in [1.165, 1.54) is 16.9 Å². The minimum Gasteiger partial charge on any atom is -0.351 e. The van der Waals surface area contributed by atoms with Crippen LogP contribution < -0.4 is 5.32 Å². The molecular formula is C13H18ClNOS. The lowest BCUT2D eigenvalue weighted by Gasteiger charge is -2.10. The maximum Gasteiger partial charge on any atom is 0.261 e. The molecule has 0 spiro atoms. The molecule has 1 aliphatic carbocycles. The van der Waals surface area contributed by atoms with E-state index in [9.17, 15) is 4.79 Å². The average molecular weight is 272 g/mol. The Morgan fingerprint density at radius 3 is 3.12 bits per heavy atom. The summed E-state index contributed by atoms with van der Waals surface area (Å²) < 4.78 is 0. The quantitative estimate of drug-likeness (QED) is 0.819. The van der Waals surface area contributed by atoms with Crippen molar-refractivity contribution in [1.82, 2.24) is 5.32 Å². The molecule has 1 aliphatic rings. The van der Waals surface area contributed by atoms with Crippen LogP contribution in [0, 0.1) is 5.92 Å². The van der Waals surface area contributed by atoms with Gasteiger partial charge in [-0.15, -0.1) is 22.9 Å². The summed E-state index contributed by atoms with van der Waals surface area (Å²) in [4.78, 5) is 14.2. The fourth-order valence-electron chi connectivity index (χ4n) is 2.08. The molecule has 1 amide bonds. The third kappa shape index (κ3) is 3.23. The standard InChI is InChI=1S/C13H18ClNOS/c1-9(5-6-14)8-15-13(16)12-7-10-3-2-4-11(10)17-12/h7,9H,2-6,8H2,1H3,(H,15,16). The summed E-state index contributed by atoms with van der Waals surface area (Å²) >= 11 is 7.33. The van der Waals surface area contributed by atoms with Gasteiger partial charge in [-0.2, -0.15) is 0 Å². The monoisotopic (exact) mass is 271 g/mol. The maximum absolute atomic E-state index is 11.9. The first kappa shape index (κ1) is 12.9. The molecule has 0 fully saturated rings. The van der Waals surface area contributed by atoms with E-state index in [-0.39, 0.29) is 5.91 Å². The van der Waals surface area contributed by atoms with Gasteiger partial charge < -0.3 is 5.32 Å². The zero-order valence-electron chi connectivity index (χ0n) is 10.1. The molecule has 17 heavy (non-hydrogen) atoms. The van der Waals surface area contributed by atoms with Gasteiger partial charge in [-0.1, -0.05) is 6.92 Å². The van der Waals surface area contributed by atoms with E-state index < -0.39 is 0 Å². The fraction of sp³-hybridized carbons (Fsp3) is 0.615. The highest BCUT2D eigenvalue weighted by molar-refractivity contribution is 7.14.